The molecule has 0 saturated heterocycles. The average molecular weight is 382 g/mol. The van der Waals surface area contributed by atoms with Crippen molar-refractivity contribution >= 4 is 29.2 Å². The zero-order valence-electron chi connectivity index (χ0n) is 15.0. The number of rotatable bonds is 7. The fourth-order valence-electron chi connectivity index (χ4n) is 2.45. The number of carboxylic acid groups (broad SMARTS) is 1. The molecule has 2 aromatic heterocycles. The van der Waals surface area contributed by atoms with Crippen molar-refractivity contribution in [1.29, 1.82) is 0 Å². The number of carbonyl (C=O) groups is 3. The third-order valence-corrected chi connectivity index (χ3v) is 3.78. The second-order valence-corrected chi connectivity index (χ2v) is 5.98. The number of benzene rings is 1. The third kappa shape index (κ3) is 4.81. The van der Waals surface area contributed by atoms with E-state index in [1.807, 2.05) is 0 Å². The number of aryl methyl sites for hydroxylation is 2. The Balaban J connectivity index is 1.55. The number of carboxylic acids is 1. The molecular weight excluding hydrogens is 364 g/mol. The van der Waals surface area contributed by atoms with Crippen LogP contribution < -0.4 is 10.6 Å². The van der Waals surface area contributed by atoms with Gasteiger partial charge in [-0.3, -0.25) is 19.0 Å². The largest absolute Gasteiger partial charge is 0.476 e. The van der Waals surface area contributed by atoms with Crippen LogP contribution in [0.15, 0.2) is 48.8 Å². The highest BCUT2D eigenvalue weighted by Crippen LogP contribution is 2.16. The predicted octanol–water partition coefficient (Wildman–Crippen LogP) is 1.60. The number of amides is 2. The lowest BCUT2D eigenvalue weighted by molar-refractivity contribution is -0.116. The van der Waals surface area contributed by atoms with Crippen LogP contribution in [0.4, 0.5) is 11.4 Å². The van der Waals surface area contributed by atoms with Gasteiger partial charge in [0, 0.05) is 43.8 Å². The minimum atomic E-state index is -1.12. The second kappa shape index (κ2) is 8.16. The summed E-state index contributed by atoms with van der Waals surface area (Å²) in [5, 5.41) is 22.2. The Morgan fingerprint density at radius 2 is 1.71 bits per heavy atom. The zero-order chi connectivity index (χ0) is 20.1. The molecule has 3 rings (SSSR count). The SMILES string of the molecule is Cn1ccc(C(=O)Nc2cccc(NC(=O)CCn3ccc(C(=O)O)n3)c2)n1. The molecule has 3 aromatic rings. The van der Waals surface area contributed by atoms with Crippen molar-refractivity contribution in [3.63, 3.8) is 0 Å². The minimum absolute atomic E-state index is 0.0724. The van der Waals surface area contributed by atoms with E-state index in [4.69, 9.17) is 5.11 Å². The van der Waals surface area contributed by atoms with Crippen LogP contribution >= 0.6 is 0 Å². The van der Waals surface area contributed by atoms with Crippen molar-refractivity contribution in [2.24, 2.45) is 7.05 Å². The molecule has 0 unspecified atom stereocenters. The fraction of sp³-hybridized carbons (Fsp3) is 0.167. The molecular formula is C18H18N6O4. The van der Waals surface area contributed by atoms with Gasteiger partial charge in [-0.25, -0.2) is 4.79 Å². The highest BCUT2D eigenvalue weighted by Gasteiger charge is 2.11. The van der Waals surface area contributed by atoms with Crippen LogP contribution in [0, 0.1) is 0 Å². The van der Waals surface area contributed by atoms with Crippen molar-refractivity contribution in [3.05, 3.63) is 60.2 Å². The van der Waals surface area contributed by atoms with Crippen LogP contribution in [0.1, 0.15) is 27.4 Å². The van der Waals surface area contributed by atoms with Crippen molar-refractivity contribution in [2.45, 2.75) is 13.0 Å². The van der Waals surface area contributed by atoms with E-state index in [1.54, 1.807) is 43.6 Å². The Morgan fingerprint density at radius 1 is 1.00 bits per heavy atom. The summed E-state index contributed by atoms with van der Waals surface area (Å²) in [6, 6.07) is 9.71. The number of carbonyl (C=O) groups excluding carboxylic acids is 2. The topological polar surface area (TPSA) is 131 Å². The number of hydrogen-bond acceptors (Lipinski definition) is 5. The average Bonchev–Trinajstić information content (AvgIpc) is 3.29. The smallest absolute Gasteiger partial charge is 0.356 e. The van der Waals surface area contributed by atoms with Crippen LogP contribution in [0.25, 0.3) is 0 Å². The first-order chi connectivity index (χ1) is 13.4. The summed E-state index contributed by atoms with van der Waals surface area (Å²) in [6.45, 7) is 0.245. The molecule has 0 aliphatic carbocycles. The van der Waals surface area contributed by atoms with E-state index in [9.17, 15) is 14.4 Å². The van der Waals surface area contributed by atoms with E-state index in [-0.39, 0.29) is 36.2 Å². The predicted molar refractivity (Wildman–Crippen MR) is 100 cm³/mol. The van der Waals surface area contributed by atoms with Gasteiger partial charge in [0.05, 0.1) is 0 Å². The van der Waals surface area contributed by atoms with Crippen molar-refractivity contribution in [1.82, 2.24) is 19.6 Å². The van der Waals surface area contributed by atoms with E-state index in [0.29, 0.717) is 11.4 Å². The summed E-state index contributed by atoms with van der Waals surface area (Å²) in [4.78, 5) is 35.1. The Bertz CT molecular complexity index is 1020. The maximum Gasteiger partial charge on any atom is 0.356 e. The van der Waals surface area contributed by atoms with Gasteiger partial charge < -0.3 is 15.7 Å². The summed E-state index contributed by atoms with van der Waals surface area (Å²) in [5.41, 5.74) is 1.26. The highest BCUT2D eigenvalue weighted by atomic mass is 16.4. The Labute approximate surface area is 159 Å². The molecule has 28 heavy (non-hydrogen) atoms. The lowest BCUT2D eigenvalue weighted by Crippen LogP contribution is -2.16. The normalized spacial score (nSPS) is 10.5. The lowest BCUT2D eigenvalue weighted by atomic mass is 10.2. The van der Waals surface area contributed by atoms with Crippen molar-refractivity contribution in [3.8, 4) is 0 Å². The molecule has 0 radical (unpaired) electrons. The quantitative estimate of drug-likeness (QED) is 0.569. The number of nitrogens with zero attached hydrogens (tertiary/aromatic N) is 4. The van der Waals surface area contributed by atoms with E-state index in [2.05, 4.69) is 20.8 Å². The molecule has 2 amide bonds. The van der Waals surface area contributed by atoms with Crippen molar-refractivity contribution in [2.75, 3.05) is 10.6 Å². The molecule has 0 bridgehead atoms. The second-order valence-electron chi connectivity index (χ2n) is 5.98. The Hall–Kier alpha value is -3.95. The standard InChI is InChI=1S/C18H18N6O4/c1-23-8-5-14(21-23)17(26)20-13-4-2-3-12(11-13)19-16(25)7-10-24-9-6-15(22-24)18(27)28/h2-6,8-9,11H,7,10H2,1H3,(H,19,25)(H,20,26)(H,27,28). The first-order valence-electron chi connectivity index (χ1n) is 8.38. The summed E-state index contributed by atoms with van der Waals surface area (Å²) in [5.74, 6) is -1.73. The Morgan fingerprint density at radius 3 is 2.36 bits per heavy atom. The fourth-order valence-corrected chi connectivity index (χ4v) is 2.45. The molecule has 0 saturated carbocycles. The van der Waals surface area contributed by atoms with Crippen molar-refractivity contribution < 1.29 is 19.5 Å². The maximum atomic E-state index is 12.1. The summed E-state index contributed by atoms with van der Waals surface area (Å²) >= 11 is 0. The van der Waals surface area contributed by atoms with Crippen LogP contribution in [-0.4, -0.2) is 42.5 Å². The van der Waals surface area contributed by atoms with Crippen LogP contribution in [0.3, 0.4) is 0 Å². The van der Waals surface area contributed by atoms with E-state index < -0.39 is 5.97 Å². The molecule has 0 aliphatic rings. The lowest BCUT2D eigenvalue weighted by Gasteiger charge is -2.08. The molecule has 0 aliphatic heterocycles. The number of nitrogens with one attached hydrogen (secondary N) is 2. The molecule has 0 fully saturated rings. The summed E-state index contributed by atoms with van der Waals surface area (Å²) in [6.07, 6.45) is 3.29. The number of anilines is 2. The van der Waals surface area contributed by atoms with Gasteiger partial charge in [0.1, 0.15) is 0 Å². The molecule has 2 heterocycles. The third-order valence-electron chi connectivity index (χ3n) is 3.78. The van der Waals surface area contributed by atoms with Gasteiger partial charge >= 0.3 is 5.97 Å². The Kier molecular flexibility index (Phi) is 5.49. The number of aromatic carboxylic acids is 1. The molecule has 10 heteroatoms. The number of hydrogen-bond donors (Lipinski definition) is 3. The number of aromatic nitrogens is 4. The summed E-state index contributed by atoms with van der Waals surface area (Å²) in [7, 11) is 1.72. The van der Waals surface area contributed by atoms with Gasteiger partial charge in [-0.1, -0.05) is 6.07 Å². The van der Waals surface area contributed by atoms with Crippen LogP contribution in [0.5, 0.6) is 0 Å². The molecule has 144 valence electrons. The van der Waals surface area contributed by atoms with E-state index in [0.717, 1.165) is 0 Å². The van der Waals surface area contributed by atoms with Crippen LogP contribution in [0.2, 0.25) is 0 Å². The zero-order valence-corrected chi connectivity index (χ0v) is 15.0. The summed E-state index contributed by atoms with van der Waals surface area (Å²) < 4.78 is 2.93. The van der Waals surface area contributed by atoms with Gasteiger partial charge in [-0.05, 0) is 30.3 Å². The molecule has 0 spiro atoms. The van der Waals surface area contributed by atoms with Gasteiger partial charge in [-0.15, -0.1) is 0 Å². The van der Waals surface area contributed by atoms with Gasteiger partial charge in [-0.2, -0.15) is 10.2 Å². The monoisotopic (exact) mass is 382 g/mol. The first-order valence-corrected chi connectivity index (χ1v) is 8.38. The van der Waals surface area contributed by atoms with E-state index >= 15 is 0 Å². The molecule has 0 atom stereocenters. The van der Waals surface area contributed by atoms with Gasteiger partial charge in [0.2, 0.25) is 5.91 Å². The minimum Gasteiger partial charge on any atom is -0.476 e. The van der Waals surface area contributed by atoms with E-state index in [1.165, 1.54) is 21.6 Å². The maximum absolute atomic E-state index is 12.1. The molecule has 10 nitrogen and oxygen atoms in total. The van der Waals surface area contributed by atoms with Crippen LogP contribution in [-0.2, 0) is 18.4 Å². The first kappa shape index (κ1) is 18.8. The molecule has 3 N–H and O–H groups in total. The highest BCUT2D eigenvalue weighted by molar-refractivity contribution is 6.03. The van der Waals surface area contributed by atoms with Gasteiger partial charge in [0.25, 0.3) is 5.91 Å². The van der Waals surface area contributed by atoms with Gasteiger partial charge in [0.15, 0.2) is 11.4 Å². The molecule has 1 aromatic carbocycles.